The molecular weight excluding hydrogens is 412 g/mol. The summed E-state index contributed by atoms with van der Waals surface area (Å²) in [5.41, 5.74) is 4.39. The van der Waals surface area contributed by atoms with E-state index in [0.717, 1.165) is 28.1 Å². The number of nitrogens with zero attached hydrogens (tertiary/aromatic N) is 3. The maximum Gasteiger partial charge on any atom is 0.243 e. The summed E-state index contributed by atoms with van der Waals surface area (Å²) in [5.74, 6) is 0.625. The number of hydrogen-bond donors (Lipinski definition) is 2. The minimum atomic E-state index is -0.736. The van der Waals surface area contributed by atoms with Gasteiger partial charge in [-0.3, -0.25) is 9.59 Å². The Morgan fingerprint density at radius 1 is 1.16 bits per heavy atom. The highest BCUT2D eigenvalue weighted by Gasteiger charge is 2.38. The summed E-state index contributed by atoms with van der Waals surface area (Å²) in [5, 5.41) is 20.7. The van der Waals surface area contributed by atoms with Crippen LogP contribution in [0.3, 0.4) is 0 Å². The van der Waals surface area contributed by atoms with Crippen molar-refractivity contribution in [3.63, 3.8) is 0 Å². The summed E-state index contributed by atoms with van der Waals surface area (Å²) in [6, 6.07) is 8.75. The van der Waals surface area contributed by atoms with Gasteiger partial charge in [-0.25, -0.2) is 0 Å². The lowest BCUT2D eigenvalue weighted by Crippen LogP contribution is -2.46. The summed E-state index contributed by atoms with van der Waals surface area (Å²) in [4.78, 5) is 26.9. The van der Waals surface area contributed by atoms with Crippen LogP contribution in [0.15, 0.2) is 39.4 Å². The van der Waals surface area contributed by atoms with Gasteiger partial charge < -0.3 is 24.4 Å². The third-order valence-electron chi connectivity index (χ3n) is 5.65. The van der Waals surface area contributed by atoms with Crippen LogP contribution in [0.25, 0.3) is 11.1 Å². The molecule has 0 spiro atoms. The van der Waals surface area contributed by atoms with Crippen molar-refractivity contribution in [2.45, 2.75) is 52.3 Å². The third-order valence-corrected chi connectivity index (χ3v) is 5.65. The van der Waals surface area contributed by atoms with Crippen molar-refractivity contribution in [1.29, 1.82) is 0 Å². The minimum Gasteiger partial charge on any atom is -0.391 e. The fraction of sp³-hybridized carbons (Fsp3) is 0.391. The predicted octanol–water partition coefficient (Wildman–Crippen LogP) is 2.08. The first-order valence-corrected chi connectivity index (χ1v) is 10.5. The number of aliphatic hydroxyl groups is 1. The highest BCUT2D eigenvalue weighted by Crippen LogP contribution is 2.27. The molecule has 0 bridgehead atoms. The smallest absolute Gasteiger partial charge is 0.243 e. The van der Waals surface area contributed by atoms with E-state index in [9.17, 15) is 14.7 Å². The van der Waals surface area contributed by atoms with Crippen LogP contribution in [0.1, 0.15) is 34.9 Å². The topological polar surface area (TPSA) is 122 Å². The van der Waals surface area contributed by atoms with E-state index in [4.69, 9.17) is 9.05 Å². The minimum absolute atomic E-state index is 0.000500. The maximum absolute atomic E-state index is 12.8. The van der Waals surface area contributed by atoms with Crippen molar-refractivity contribution in [2.75, 3.05) is 6.54 Å². The number of β-amino-alcohol motifs (C(OH)–C–C–N with tert-alkyl or cyclic N) is 1. The number of likely N-dealkylation sites (tertiary alicyclic amines) is 1. The zero-order valence-electron chi connectivity index (χ0n) is 18.3. The van der Waals surface area contributed by atoms with E-state index in [1.807, 2.05) is 38.1 Å². The Balaban J connectivity index is 1.37. The second kappa shape index (κ2) is 8.96. The van der Waals surface area contributed by atoms with Gasteiger partial charge in [0.2, 0.25) is 11.8 Å². The van der Waals surface area contributed by atoms with E-state index >= 15 is 0 Å². The predicted molar refractivity (Wildman–Crippen MR) is 114 cm³/mol. The van der Waals surface area contributed by atoms with Crippen molar-refractivity contribution in [2.24, 2.45) is 0 Å². The second-order valence-electron chi connectivity index (χ2n) is 8.18. The summed E-state index contributed by atoms with van der Waals surface area (Å²) >= 11 is 0. The second-order valence-corrected chi connectivity index (χ2v) is 8.18. The van der Waals surface area contributed by atoms with Crippen LogP contribution in [0.4, 0.5) is 0 Å². The van der Waals surface area contributed by atoms with Gasteiger partial charge in [-0.15, -0.1) is 0 Å². The van der Waals surface area contributed by atoms with Crippen LogP contribution in [-0.4, -0.2) is 50.8 Å². The highest BCUT2D eigenvalue weighted by molar-refractivity contribution is 5.89. The van der Waals surface area contributed by atoms with Crippen molar-refractivity contribution >= 4 is 11.8 Å². The molecule has 2 aromatic heterocycles. The number of aromatic nitrogens is 2. The molecule has 168 valence electrons. The Bertz CT molecular complexity index is 1100. The molecule has 0 radical (unpaired) electrons. The summed E-state index contributed by atoms with van der Waals surface area (Å²) in [7, 11) is 0. The van der Waals surface area contributed by atoms with Gasteiger partial charge in [0.1, 0.15) is 17.6 Å². The molecule has 1 saturated heterocycles. The quantitative estimate of drug-likeness (QED) is 0.604. The Labute approximate surface area is 185 Å². The molecule has 2 amide bonds. The summed E-state index contributed by atoms with van der Waals surface area (Å²) < 4.78 is 10.3. The lowest BCUT2D eigenvalue weighted by Gasteiger charge is -2.23. The monoisotopic (exact) mass is 438 g/mol. The van der Waals surface area contributed by atoms with Crippen LogP contribution < -0.4 is 5.32 Å². The normalized spacial score (nSPS) is 18.2. The van der Waals surface area contributed by atoms with Gasteiger partial charge in [-0.05, 0) is 31.9 Å². The average Bonchev–Trinajstić information content (AvgIpc) is 3.45. The number of rotatable bonds is 6. The van der Waals surface area contributed by atoms with Crippen molar-refractivity contribution < 1.29 is 23.7 Å². The standard InChI is InChI=1S/C23H26N4O5/c1-13-8-19(32-25-13)10-21(29)27-12-18(28)9-20(27)23(30)24-11-16-4-6-17(7-5-16)22-14(2)26-31-15(22)3/h4-8,18,20,28H,9-12H2,1-3H3,(H,24,30). The molecule has 0 saturated carbocycles. The zero-order chi connectivity index (χ0) is 22.8. The average molecular weight is 438 g/mol. The van der Waals surface area contributed by atoms with E-state index in [0.29, 0.717) is 18.0 Å². The van der Waals surface area contributed by atoms with Crippen LogP contribution in [0, 0.1) is 20.8 Å². The molecule has 1 aromatic carbocycles. The van der Waals surface area contributed by atoms with Crippen molar-refractivity contribution in [3.8, 4) is 11.1 Å². The molecule has 9 heteroatoms. The van der Waals surface area contributed by atoms with Gasteiger partial charge in [0, 0.05) is 31.1 Å². The molecule has 1 fully saturated rings. The molecular formula is C23H26N4O5. The van der Waals surface area contributed by atoms with Crippen molar-refractivity contribution in [1.82, 2.24) is 20.5 Å². The van der Waals surface area contributed by atoms with Crippen LogP contribution >= 0.6 is 0 Å². The number of benzene rings is 1. The van der Waals surface area contributed by atoms with E-state index in [1.165, 1.54) is 4.90 Å². The molecule has 0 aliphatic carbocycles. The van der Waals surface area contributed by atoms with Gasteiger partial charge in [0.25, 0.3) is 0 Å². The lowest BCUT2D eigenvalue weighted by atomic mass is 10.0. The summed E-state index contributed by atoms with van der Waals surface area (Å²) in [6.45, 7) is 5.98. The molecule has 3 heterocycles. The van der Waals surface area contributed by atoms with Gasteiger partial charge in [0.15, 0.2) is 0 Å². The third kappa shape index (κ3) is 4.57. The highest BCUT2D eigenvalue weighted by atomic mass is 16.5. The molecule has 4 rings (SSSR count). The van der Waals surface area contributed by atoms with E-state index in [1.54, 1.807) is 13.0 Å². The Morgan fingerprint density at radius 2 is 1.91 bits per heavy atom. The van der Waals surface area contributed by atoms with Crippen molar-refractivity contribution in [3.05, 3.63) is 58.8 Å². The number of nitrogens with one attached hydrogen (secondary N) is 1. The number of carbonyl (C=O) groups excluding carboxylic acids is 2. The zero-order valence-corrected chi connectivity index (χ0v) is 18.3. The van der Waals surface area contributed by atoms with Gasteiger partial charge in [0.05, 0.1) is 23.9 Å². The molecule has 2 atom stereocenters. The molecule has 1 aliphatic rings. The fourth-order valence-corrected chi connectivity index (χ4v) is 4.08. The molecule has 2 unspecified atom stereocenters. The Morgan fingerprint density at radius 3 is 2.53 bits per heavy atom. The molecule has 3 aromatic rings. The lowest BCUT2D eigenvalue weighted by molar-refractivity contribution is -0.138. The van der Waals surface area contributed by atoms with E-state index < -0.39 is 12.1 Å². The number of aryl methyl sites for hydroxylation is 3. The fourth-order valence-electron chi connectivity index (χ4n) is 4.08. The molecule has 32 heavy (non-hydrogen) atoms. The largest absolute Gasteiger partial charge is 0.391 e. The van der Waals surface area contributed by atoms with Gasteiger partial charge in [-0.2, -0.15) is 0 Å². The summed E-state index contributed by atoms with van der Waals surface area (Å²) in [6.07, 6.45) is -0.529. The van der Waals surface area contributed by atoms with Crippen LogP contribution in [0.2, 0.25) is 0 Å². The van der Waals surface area contributed by atoms with Crippen LogP contribution in [0.5, 0.6) is 0 Å². The van der Waals surface area contributed by atoms with E-state index in [2.05, 4.69) is 15.6 Å². The number of hydrogen-bond acceptors (Lipinski definition) is 7. The van der Waals surface area contributed by atoms with Gasteiger partial charge >= 0.3 is 0 Å². The molecule has 2 N–H and O–H groups in total. The van der Waals surface area contributed by atoms with Crippen LogP contribution in [-0.2, 0) is 22.6 Å². The van der Waals surface area contributed by atoms with E-state index in [-0.39, 0.29) is 31.2 Å². The number of aliphatic hydroxyl groups excluding tert-OH is 1. The Kier molecular flexibility index (Phi) is 6.09. The first-order chi connectivity index (χ1) is 15.3. The number of carbonyl (C=O) groups is 2. The SMILES string of the molecule is Cc1cc(CC(=O)N2CC(O)CC2C(=O)NCc2ccc(-c3c(C)noc3C)cc2)on1. The first-order valence-electron chi connectivity index (χ1n) is 10.5. The first kappa shape index (κ1) is 21.8. The molecule has 9 nitrogen and oxygen atoms in total. The number of amides is 2. The Hall–Kier alpha value is -3.46. The maximum atomic E-state index is 12.8. The van der Waals surface area contributed by atoms with Gasteiger partial charge in [-0.1, -0.05) is 34.6 Å². The molecule has 1 aliphatic heterocycles.